The van der Waals surface area contributed by atoms with E-state index < -0.39 is 0 Å². The van der Waals surface area contributed by atoms with Crippen LogP contribution in [0.25, 0.3) is 0 Å². The molecule has 0 aromatic rings. The summed E-state index contributed by atoms with van der Waals surface area (Å²) in [6.45, 7) is 1.37. The van der Waals surface area contributed by atoms with Crippen LogP contribution in [0, 0.1) is 0 Å². The maximum Gasteiger partial charge on any atom is 0.148 e. The Morgan fingerprint density at radius 2 is 2.15 bits per heavy atom. The van der Waals surface area contributed by atoms with Gasteiger partial charge >= 0.3 is 0 Å². The highest BCUT2D eigenvalue weighted by atomic mass is 16.3. The molecule has 0 aliphatic heterocycles. The molecule has 0 heterocycles. The smallest absolute Gasteiger partial charge is 0.148 e. The molecule has 0 fully saturated rings. The second-order valence-electron chi connectivity index (χ2n) is 2.89. The van der Waals surface area contributed by atoms with Gasteiger partial charge in [-0.1, -0.05) is 6.08 Å². The highest BCUT2D eigenvalue weighted by Gasteiger charge is 1.96. The van der Waals surface area contributed by atoms with Gasteiger partial charge in [-0.25, -0.2) is 0 Å². The van der Waals surface area contributed by atoms with Crippen molar-refractivity contribution in [3.63, 3.8) is 0 Å². The fraction of sp³-hybridized carbons (Fsp3) is 0.667. The van der Waals surface area contributed by atoms with Crippen molar-refractivity contribution in [2.75, 3.05) is 33.4 Å². The first kappa shape index (κ1) is 12.3. The summed E-state index contributed by atoms with van der Waals surface area (Å²) in [5.41, 5.74) is 0.399. The van der Waals surface area contributed by atoms with Gasteiger partial charge < -0.3 is 15.1 Å². The fourth-order valence-electron chi connectivity index (χ4n) is 0.855. The van der Waals surface area contributed by atoms with E-state index in [1.54, 1.807) is 6.08 Å². The molecule has 0 aromatic heterocycles. The van der Waals surface area contributed by atoms with Gasteiger partial charge in [0.15, 0.2) is 0 Å². The molecule has 13 heavy (non-hydrogen) atoms. The summed E-state index contributed by atoms with van der Waals surface area (Å²) in [6.07, 6.45) is 3.06. The Labute approximate surface area is 78.5 Å². The first-order chi connectivity index (χ1) is 6.24. The third-order valence-electron chi connectivity index (χ3n) is 1.70. The maximum absolute atomic E-state index is 10.3. The Morgan fingerprint density at radius 1 is 1.46 bits per heavy atom. The van der Waals surface area contributed by atoms with E-state index in [0.29, 0.717) is 18.4 Å². The minimum absolute atomic E-state index is 0.175. The van der Waals surface area contributed by atoms with Crippen molar-refractivity contribution in [3.05, 3.63) is 11.6 Å². The SMILES string of the molecule is CN(C/C=C(\C=O)CO)CCCO. The van der Waals surface area contributed by atoms with Crippen molar-refractivity contribution >= 4 is 6.29 Å². The van der Waals surface area contributed by atoms with E-state index in [1.165, 1.54) is 0 Å². The predicted octanol–water partition coefficient (Wildman–Crippen LogP) is -0.582. The quantitative estimate of drug-likeness (QED) is 0.413. The second kappa shape index (κ2) is 7.91. The van der Waals surface area contributed by atoms with Crippen molar-refractivity contribution in [1.82, 2.24) is 4.90 Å². The lowest BCUT2D eigenvalue weighted by atomic mass is 10.3. The van der Waals surface area contributed by atoms with Crippen molar-refractivity contribution in [3.8, 4) is 0 Å². The van der Waals surface area contributed by atoms with E-state index in [9.17, 15) is 4.79 Å². The van der Waals surface area contributed by atoms with Gasteiger partial charge in [0.25, 0.3) is 0 Å². The molecule has 0 aromatic carbocycles. The normalized spacial score (nSPS) is 12.2. The number of nitrogens with zero attached hydrogens (tertiary/aromatic N) is 1. The average molecular weight is 187 g/mol. The first-order valence-corrected chi connectivity index (χ1v) is 4.29. The molecule has 0 aliphatic rings. The molecular weight excluding hydrogens is 170 g/mol. The van der Waals surface area contributed by atoms with Crippen LogP contribution in [0.1, 0.15) is 6.42 Å². The van der Waals surface area contributed by atoms with Gasteiger partial charge in [0, 0.05) is 25.3 Å². The van der Waals surface area contributed by atoms with E-state index in [2.05, 4.69) is 0 Å². The molecule has 4 nitrogen and oxygen atoms in total. The number of hydrogen-bond acceptors (Lipinski definition) is 4. The molecule has 0 unspecified atom stereocenters. The number of carbonyl (C=O) groups is 1. The minimum Gasteiger partial charge on any atom is -0.396 e. The van der Waals surface area contributed by atoms with Crippen molar-refractivity contribution in [2.24, 2.45) is 0 Å². The maximum atomic E-state index is 10.3. The molecule has 0 saturated heterocycles. The second-order valence-corrected chi connectivity index (χ2v) is 2.89. The van der Waals surface area contributed by atoms with Crippen LogP contribution in [0.5, 0.6) is 0 Å². The summed E-state index contributed by atoms with van der Waals surface area (Å²) in [5, 5.41) is 17.2. The van der Waals surface area contributed by atoms with Gasteiger partial charge in [-0.3, -0.25) is 4.79 Å². The summed E-state index contributed by atoms with van der Waals surface area (Å²) in [4.78, 5) is 12.2. The summed E-state index contributed by atoms with van der Waals surface area (Å²) in [6, 6.07) is 0. The Kier molecular flexibility index (Phi) is 7.48. The predicted molar refractivity (Wildman–Crippen MR) is 50.4 cm³/mol. The van der Waals surface area contributed by atoms with Gasteiger partial charge in [0.05, 0.1) is 6.61 Å². The molecule has 0 bridgehead atoms. The van der Waals surface area contributed by atoms with Crippen LogP contribution < -0.4 is 0 Å². The van der Waals surface area contributed by atoms with Crippen LogP contribution >= 0.6 is 0 Å². The van der Waals surface area contributed by atoms with Gasteiger partial charge in [-0.05, 0) is 13.5 Å². The Balaban J connectivity index is 3.71. The summed E-state index contributed by atoms with van der Waals surface area (Å²) in [7, 11) is 1.89. The molecular formula is C9H17NO3. The number of rotatable bonds is 7. The van der Waals surface area contributed by atoms with E-state index in [-0.39, 0.29) is 13.2 Å². The third-order valence-corrected chi connectivity index (χ3v) is 1.70. The Bertz CT molecular complexity index is 168. The van der Waals surface area contributed by atoms with E-state index in [0.717, 1.165) is 13.0 Å². The molecule has 0 saturated carbocycles. The zero-order chi connectivity index (χ0) is 10.1. The first-order valence-electron chi connectivity index (χ1n) is 4.29. The molecule has 0 atom stereocenters. The minimum atomic E-state index is -0.211. The van der Waals surface area contributed by atoms with Crippen LogP contribution in [0.2, 0.25) is 0 Å². The topological polar surface area (TPSA) is 60.8 Å². The number of hydrogen-bond donors (Lipinski definition) is 2. The number of likely N-dealkylation sites (N-methyl/N-ethyl adjacent to an activating group) is 1. The highest BCUT2D eigenvalue weighted by Crippen LogP contribution is 1.91. The summed E-state index contributed by atoms with van der Waals surface area (Å²) in [5.74, 6) is 0. The molecule has 76 valence electrons. The monoisotopic (exact) mass is 187 g/mol. The van der Waals surface area contributed by atoms with Crippen molar-refractivity contribution in [1.29, 1.82) is 0 Å². The molecule has 0 amide bonds. The summed E-state index contributed by atoms with van der Waals surface area (Å²) < 4.78 is 0. The molecule has 4 heteroatoms. The fourth-order valence-corrected chi connectivity index (χ4v) is 0.855. The van der Waals surface area contributed by atoms with E-state index >= 15 is 0 Å². The molecule has 0 spiro atoms. The van der Waals surface area contributed by atoms with Crippen LogP contribution in [0.3, 0.4) is 0 Å². The third kappa shape index (κ3) is 6.45. The van der Waals surface area contributed by atoms with Gasteiger partial charge in [-0.2, -0.15) is 0 Å². The number of aldehydes is 1. The standard InChI is InChI=1S/C9H17NO3/c1-10(4-2-6-11)5-3-9(7-12)8-13/h3,7,11,13H,2,4-6,8H2,1H3/b9-3+. The van der Waals surface area contributed by atoms with Gasteiger partial charge in [-0.15, -0.1) is 0 Å². The molecule has 0 aliphatic carbocycles. The Morgan fingerprint density at radius 3 is 2.62 bits per heavy atom. The lowest BCUT2D eigenvalue weighted by Gasteiger charge is -2.13. The molecule has 2 N–H and O–H groups in total. The molecule has 0 radical (unpaired) electrons. The zero-order valence-corrected chi connectivity index (χ0v) is 7.94. The van der Waals surface area contributed by atoms with Crippen LogP contribution in [-0.2, 0) is 4.79 Å². The highest BCUT2D eigenvalue weighted by molar-refractivity contribution is 5.73. The van der Waals surface area contributed by atoms with Crippen molar-refractivity contribution < 1.29 is 15.0 Å². The van der Waals surface area contributed by atoms with Crippen LogP contribution in [0.4, 0.5) is 0 Å². The molecule has 0 rings (SSSR count). The van der Waals surface area contributed by atoms with Crippen LogP contribution in [0.15, 0.2) is 11.6 Å². The lowest BCUT2D eigenvalue weighted by Crippen LogP contribution is -2.21. The number of aliphatic hydroxyl groups excluding tert-OH is 2. The largest absolute Gasteiger partial charge is 0.396 e. The average Bonchev–Trinajstić information content (AvgIpc) is 2.16. The number of aliphatic hydroxyl groups is 2. The van der Waals surface area contributed by atoms with Crippen molar-refractivity contribution in [2.45, 2.75) is 6.42 Å². The Hall–Kier alpha value is -0.710. The lowest BCUT2D eigenvalue weighted by molar-refractivity contribution is -0.105. The van der Waals surface area contributed by atoms with E-state index in [4.69, 9.17) is 10.2 Å². The summed E-state index contributed by atoms with van der Waals surface area (Å²) >= 11 is 0. The van der Waals surface area contributed by atoms with Gasteiger partial charge in [0.1, 0.15) is 6.29 Å². The van der Waals surface area contributed by atoms with Crippen LogP contribution in [-0.4, -0.2) is 54.8 Å². The zero-order valence-electron chi connectivity index (χ0n) is 7.94. The van der Waals surface area contributed by atoms with E-state index in [1.807, 2.05) is 11.9 Å². The van der Waals surface area contributed by atoms with Gasteiger partial charge in [0.2, 0.25) is 0 Å². The number of carbonyl (C=O) groups excluding carboxylic acids is 1.